The summed E-state index contributed by atoms with van der Waals surface area (Å²) in [5.41, 5.74) is 0.752. The molecule has 1 unspecified atom stereocenters. The van der Waals surface area contributed by atoms with Crippen LogP contribution in [0.15, 0.2) is 12.4 Å². The lowest BCUT2D eigenvalue weighted by Crippen LogP contribution is -2.27. The summed E-state index contributed by atoms with van der Waals surface area (Å²) in [5, 5.41) is 7.10. The van der Waals surface area contributed by atoms with E-state index in [2.05, 4.69) is 45.1 Å². The fourth-order valence-electron chi connectivity index (χ4n) is 1.74. The molecule has 0 aliphatic carbocycles. The van der Waals surface area contributed by atoms with Crippen molar-refractivity contribution in [1.29, 1.82) is 0 Å². The molecule has 0 aromatic carbocycles. The number of carbonyl (C=O) groups is 1. The van der Waals surface area contributed by atoms with Gasteiger partial charge in [-0.1, -0.05) is 36.7 Å². The van der Waals surface area contributed by atoms with Gasteiger partial charge in [-0.25, -0.2) is 0 Å². The van der Waals surface area contributed by atoms with E-state index in [9.17, 15) is 4.79 Å². The van der Waals surface area contributed by atoms with E-state index in [0.29, 0.717) is 0 Å². The van der Waals surface area contributed by atoms with Crippen LogP contribution in [0.3, 0.4) is 0 Å². The zero-order valence-corrected chi connectivity index (χ0v) is 13.5. The number of amides is 1. The Labute approximate surface area is 123 Å². The molecule has 1 rings (SSSR count). The molecule has 0 fully saturated rings. The predicted molar refractivity (Wildman–Crippen MR) is 81.7 cm³/mol. The van der Waals surface area contributed by atoms with E-state index in [1.54, 1.807) is 6.20 Å². The first-order chi connectivity index (χ1) is 9.10. The number of carbonyl (C=O) groups excluding carboxylic acids is 1. The number of hydrogen-bond donors (Lipinski definition) is 1. The number of nitrogens with one attached hydrogen (secondary N) is 1. The number of halogens is 1. The molecule has 0 radical (unpaired) electrons. The normalized spacial score (nSPS) is 12.7. The van der Waals surface area contributed by atoms with Crippen LogP contribution < -0.4 is 5.32 Å². The highest BCUT2D eigenvalue weighted by Crippen LogP contribution is 2.10. The summed E-state index contributed by atoms with van der Waals surface area (Å²) in [4.78, 5) is 13.9. The highest BCUT2D eigenvalue weighted by Gasteiger charge is 2.13. The molecular formula is C13H23BrN4O. The molecule has 0 aliphatic rings. The van der Waals surface area contributed by atoms with E-state index in [1.165, 1.54) is 0 Å². The van der Waals surface area contributed by atoms with E-state index in [4.69, 9.17) is 0 Å². The SMILES string of the molecule is CCC(Br)C(=O)Nc1cnn(CCN(CC)CC)c1. The standard InChI is InChI=1S/C13H23BrN4O/c1-4-12(14)13(19)16-11-9-15-18(10-11)8-7-17(5-2)6-3/h9-10,12H,4-8H2,1-3H3,(H,16,19). The van der Waals surface area contributed by atoms with Crippen molar-refractivity contribution in [3.05, 3.63) is 12.4 Å². The van der Waals surface area contributed by atoms with Gasteiger partial charge >= 0.3 is 0 Å². The first-order valence-electron chi connectivity index (χ1n) is 6.80. The minimum Gasteiger partial charge on any atom is -0.322 e. The Morgan fingerprint density at radius 1 is 1.47 bits per heavy atom. The monoisotopic (exact) mass is 330 g/mol. The summed E-state index contributed by atoms with van der Waals surface area (Å²) in [5.74, 6) is -0.0224. The average Bonchev–Trinajstić information content (AvgIpc) is 2.86. The van der Waals surface area contributed by atoms with E-state index in [0.717, 1.165) is 38.3 Å². The van der Waals surface area contributed by atoms with Crippen LogP contribution in [0.1, 0.15) is 27.2 Å². The molecule has 6 heteroatoms. The van der Waals surface area contributed by atoms with Crippen molar-refractivity contribution in [3.8, 4) is 0 Å². The highest BCUT2D eigenvalue weighted by molar-refractivity contribution is 9.10. The van der Waals surface area contributed by atoms with Gasteiger partial charge < -0.3 is 10.2 Å². The van der Waals surface area contributed by atoms with Gasteiger partial charge in [0.15, 0.2) is 0 Å². The van der Waals surface area contributed by atoms with Crippen LogP contribution in [0, 0.1) is 0 Å². The van der Waals surface area contributed by atoms with E-state index >= 15 is 0 Å². The highest BCUT2D eigenvalue weighted by atomic mass is 79.9. The molecule has 0 saturated heterocycles. The van der Waals surface area contributed by atoms with Crippen LogP contribution in [0.5, 0.6) is 0 Å². The third kappa shape index (κ3) is 5.32. The molecule has 108 valence electrons. The minimum atomic E-state index is -0.147. The third-order valence-corrected chi connectivity index (χ3v) is 4.15. The first-order valence-corrected chi connectivity index (χ1v) is 7.71. The van der Waals surface area contributed by atoms with Crippen molar-refractivity contribution >= 4 is 27.5 Å². The lowest BCUT2D eigenvalue weighted by atomic mass is 10.3. The Balaban J connectivity index is 2.46. The maximum absolute atomic E-state index is 11.7. The molecule has 1 aromatic heterocycles. The Morgan fingerprint density at radius 2 is 2.16 bits per heavy atom. The largest absolute Gasteiger partial charge is 0.322 e. The van der Waals surface area contributed by atoms with Crippen LogP contribution in [-0.4, -0.2) is 45.0 Å². The molecule has 5 nitrogen and oxygen atoms in total. The smallest absolute Gasteiger partial charge is 0.238 e. The molecule has 19 heavy (non-hydrogen) atoms. The molecule has 0 spiro atoms. The maximum atomic E-state index is 11.7. The minimum absolute atomic E-state index is 0.0224. The van der Waals surface area contributed by atoms with Gasteiger partial charge in [0.1, 0.15) is 0 Å². The van der Waals surface area contributed by atoms with Gasteiger partial charge in [-0.3, -0.25) is 9.48 Å². The van der Waals surface area contributed by atoms with Crippen molar-refractivity contribution in [1.82, 2.24) is 14.7 Å². The summed E-state index contributed by atoms with van der Waals surface area (Å²) in [6, 6.07) is 0. The zero-order valence-electron chi connectivity index (χ0n) is 11.9. The number of aromatic nitrogens is 2. The molecule has 1 atom stereocenters. The molecule has 1 heterocycles. The van der Waals surface area contributed by atoms with E-state index < -0.39 is 0 Å². The summed E-state index contributed by atoms with van der Waals surface area (Å²) in [6.07, 6.45) is 4.33. The molecule has 0 bridgehead atoms. The van der Waals surface area contributed by atoms with Crippen LogP contribution >= 0.6 is 15.9 Å². The zero-order chi connectivity index (χ0) is 14.3. The van der Waals surface area contributed by atoms with Crippen LogP contribution in [0.4, 0.5) is 5.69 Å². The number of rotatable bonds is 8. The quantitative estimate of drug-likeness (QED) is 0.744. The van der Waals surface area contributed by atoms with Crippen LogP contribution in [-0.2, 0) is 11.3 Å². The molecule has 0 aliphatic heterocycles. The summed E-state index contributed by atoms with van der Waals surface area (Å²) in [7, 11) is 0. The lowest BCUT2D eigenvalue weighted by Gasteiger charge is -2.17. The Bertz CT molecular complexity index is 390. The fourth-order valence-corrected chi connectivity index (χ4v) is 1.85. The molecular weight excluding hydrogens is 308 g/mol. The molecule has 1 amide bonds. The second-order valence-electron chi connectivity index (χ2n) is 4.38. The van der Waals surface area contributed by atoms with Gasteiger partial charge in [0.2, 0.25) is 5.91 Å². The summed E-state index contributed by atoms with van der Waals surface area (Å²) >= 11 is 3.33. The summed E-state index contributed by atoms with van der Waals surface area (Å²) < 4.78 is 1.86. The Hall–Kier alpha value is -0.880. The van der Waals surface area contributed by atoms with Gasteiger partial charge in [-0.15, -0.1) is 0 Å². The van der Waals surface area contributed by atoms with Crippen molar-refractivity contribution in [2.75, 3.05) is 25.0 Å². The number of likely N-dealkylation sites (N-methyl/N-ethyl adjacent to an activating group) is 1. The topological polar surface area (TPSA) is 50.2 Å². The number of nitrogens with zero attached hydrogens (tertiary/aromatic N) is 3. The molecule has 1 N–H and O–H groups in total. The van der Waals surface area contributed by atoms with Crippen molar-refractivity contribution in [2.24, 2.45) is 0 Å². The van der Waals surface area contributed by atoms with Crippen LogP contribution in [0.25, 0.3) is 0 Å². The number of hydrogen-bond acceptors (Lipinski definition) is 3. The van der Waals surface area contributed by atoms with Gasteiger partial charge in [-0.2, -0.15) is 5.10 Å². The predicted octanol–water partition coefficient (Wildman–Crippen LogP) is 2.34. The maximum Gasteiger partial charge on any atom is 0.238 e. The van der Waals surface area contributed by atoms with Crippen LogP contribution in [0.2, 0.25) is 0 Å². The summed E-state index contributed by atoms with van der Waals surface area (Å²) in [6.45, 7) is 10.2. The second-order valence-corrected chi connectivity index (χ2v) is 5.49. The Kier molecular flexibility index (Phi) is 7.09. The molecule has 0 saturated carbocycles. The third-order valence-electron chi connectivity index (χ3n) is 3.08. The van der Waals surface area contributed by atoms with Crippen molar-refractivity contribution < 1.29 is 4.79 Å². The van der Waals surface area contributed by atoms with Gasteiger partial charge in [0, 0.05) is 12.7 Å². The average molecular weight is 331 g/mol. The van der Waals surface area contributed by atoms with Gasteiger partial charge in [0.05, 0.1) is 23.3 Å². The second kappa shape index (κ2) is 8.32. The van der Waals surface area contributed by atoms with Gasteiger partial charge in [-0.05, 0) is 19.5 Å². The molecule has 1 aromatic rings. The van der Waals surface area contributed by atoms with Crippen molar-refractivity contribution in [2.45, 2.75) is 38.6 Å². The van der Waals surface area contributed by atoms with E-state index in [-0.39, 0.29) is 10.7 Å². The lowest BCUT2D eigenvalue weighted by molar-refractivity contribution is -0.115. The number of anilines is 1. The van der Waals surface area contributed by atoms with Crippen molar-refractivity contribution in [3.63, 3.8) is 0 Å². The number of alkyl halides is 1. The Morgan fingerprint density at radius 3 is 2.74 bits per heavy atom. The fraction of sp³-hybridized carbons (Fsp3) is 0.692. The van der Waals surface area contributed by atoms with Gasteiger partial charge in [0.25, 0.3) is 0 Å². The van der Waals surface area contributed by atoms with E-state index in [1.807, 2.05) is 17.8 Å². The first kappa shape index (κ1) is 16.2.